The number of rotatable bonds is 6. The van der Waals surface area contributed by atoms with Crippen molar-refractivity contribution in [1.82, 2.24) is 5.32 Å². The largest absolute Gasteiger partial charge is 0.371 e. The smallest absolute Gasteiger partial charge is 0.251 e. The van der Waals surface area contributed by atoms with Crippen LogP contribution in [0.25, 0.3) is 0 Å². The predicted molar refractivity (Wildman–Crippen MR) is 116 cm³/mol. The first-order valence-corrected chi connectivity index (χ1v) is 10.1. The number of anilines is 1. The standard InChI is InChI=1S/C25H24N2O3/c28-24(16-18-6-2-1-3-7-18)27-21-12-10-20(11-13-21)25(29)26-17-23-22-9-5-4-8-19(22)14-15-30-23/h1-13,23H,14-17H2,(H,26,29)(H,27,28). The number of benzene rings is 3. The van der Waals surface area contributed by atoms with Crippen LogP contribution >= 0.6 is 0 Å². The summed E-state index contributed by atoms with van der Waals surface area (Å²) in [7, 11) is 0. The number of carbonyl (C=O) groups is 2. The Hall–Kier alpha value is -3.44. The number of ether oxygens (including phenoxy) is 1. The summed E-state index contributed by atoms with van der Waals surface area (Å²) in [6.45, 7) is 1.08. The van der Waals surface area contributed by atoms with E-state index in [1.165, 1.54) is 5.56 Å². The molecule has 3 aromatic rings. The van der Waals surface area contributed by atoms with Crippen molar-refractivity contribution in [2.45, 2.75) is 18.9 Å². The van der Waals surface area contributed by atoms with Crippen LogP contribution in [0.15, 0.2) is 78.9 Å². The first-order chi connectivity index (χ1) is 14.7. The Balaban J connectivity index is 1.31. The molecule has 152 valence electrons. The number of nitrogens with one attached hydrogen (secondary N) is 2. The second kappa shape index (κ2) is 9.37. The average Bonchev–Trinajstić information content (AvgIpc) is 2.78. The van der Waals surface area contributed by atoms with Crippen molar-refractivity contribution in [1.29, 1.82) is 0 Å². The topological polar surface area (TPSA) is 67.4 Å². The van der Waals surface area contributed by atoms with Crippen molar-refractivity contribution >= 4 is 17.5 Å². The SMILES string of the molecule is O=C(Cc1ccccc1)Nc1ccc(C(=O)NCC2OCCc3ccccc32)cc1. The number of hydrogen-bond acceptors (Lipinski definition) is 3. The minimum Gasteiger partial charge on any atom is -0.371 e. The summed E-state index contributed by atoms with van der Waals surface area (Å²) < 4.78 is 5.84. The second-order valence-electron chi connectivity index (χ2n) is 7.31. The molecule has 0 saturated carbocycles. The second-order valence-corrected chi connectivity index (χ2v) is 7.31. The van der Waals surface area contributed by atoms with Crippen molar-refractivity contribution in [3.8, 4) is 0 Å². The Morgan fingerprint density at radius 2 is 1.63 bits per heavy atom. The highest BCUT2D eigenvalue weighted by Crippen LogP contribution is 2.26. The van der Waals surface area contributed by atoms with Gasteiger partial charge in [0.2, 0.25) is 5.91 Å². The molecular formula is C25H24N2O3. The Labute approximate surface area is 176 Å². The number of amides is 2. The highest BCUT2D eigenvalue weighted by atomic mass is 16.5. The van der Waals surface area contributed by atoms with Crippen molar-refractivity contribution in [2.24, 2.45) is 0 Å². The molecule has 0 radical (unpaired) electrons. The zero-order valence-corrected chi connectivity index (χ0v) is 16.6. The maximum absolute atomic E-state index is 12.5. The Morgan fingerprint density at radius 3 is 2.43 bits per heavy atom. The lowest BCUT2D eigenvalue weighted by molar-refractivity contribution is -0.115. The van der Waals surface area contributed by atoms with Crippen molar-refractivity contribution in [3.63, 3.8) is 0 Å². The molecule has 0 bridgehead atoms. The molecule has 1 unspecified atom stereocenters. The first-order valence-electron chi connectivity index (χ1n) is 10.1. The van der Waals surface area contributed by atoms with Crippen LogP contribution in [0.4, 0.5) is 5.69 Å². The van der Waals surface area contributed by atoms with Gasteiger partial charge in [0.25, 0.3) is 5.91 Å². The van der Waals surface area contributed by atoms with E-state index in [-0.39, 0.29) is 17.9 Å². The van der Waals surface area contributed by atoms with Crippen molar-refractivity contribution in [3.05, 3.63) is 101 Å². The van der Waals surface area contributed by atoms with E-state index in [1.54, 1.807) is 24.3 Å². The van der Waals surface area contributed by atoms with E-state index in [0.717, 1.165) is 17.5 Å². The zero-order valence-electron chi connectivity index (χ0n) is 16.6. The Kier molecular flexibility index (Phi) is 6.20. The van der Waals surface area contributed by atoms with Crippen LogP contribution in [0.2, 0.25) is 0 Å². The van der Waals surface area contributed by atoms with Gasteiger partial charge in [-0.15, -0.1) is 0 Å². The Morgan fingerprint density at radius 1 is 0.900 bits per heavy atom. The molecule has 0 spiro atoms. The van der Waals surface area contributed by atoms with Gasteiger partial charge in [-0.25, -0.2) is 0 Å². The molecule has 1 heterocycles. The lowest BCUT2D eigenvalue weighted by atomic mass is 9.97. The van der Waals surface area contributed by atoms with E-state index in [0.29, 0.717) is 30.8 Å². The number of fused-ring (bicyclic) bond motifs is 1. The normalized spacial score (nSPS) is 15.1. The highest BCUT2D eigenvalue weighted by Gasteiger charge is 2.21. The van der Waals surface area contributed by atoms with Gasteiger partial charge >= 0.3 is 0 Å². The van der Waals surface area contributed by atoms with Gasteiger partial charge in [0.05, 0.1) is 13.0 Å². The molecule has 1 aliphatic rings. The van der Waals surface area contributed by atoms with Gasteiger partial charge in [0.15, 0.2) is 0 Å². The monoisotopic (exact) mass is 400 g/mol. The van der Waals surface area contributed by atoms with Crippen molar-refractivity contribution < 1.29 is 14.3 Å². The molecule has 4 rings (SSSR count). The van der Waals surface area contributed by atoms with E-state index in [9.17, 15) is 9.59 Å². The summed E-state index contributed by atoms with van der Waals surface area (Å²) in [5.41, 5.74) is 4.58. The minimum atomic E-state index is -0.163. The molecule has 1 atom stereocenters. The quantitative estimate of drug-likeness (QED) is 0.659. The fourth-order valence-corrected chi connectivity index (χ4v) is 3.62. The number of hydrogen-bond donors (Lipinski definition) is 2. The minimum absolute atomic E-state index is 0.0912. The van der Waals surface area contributed by atoms with E-state index >= 15 is 0 Å². The third-order valence-corrected chi connectivity index (χ3v) is 5.18. The van der Waals surface area contributed by atoms with Crippen LogP contribution in [0.1, 0.15) is 33.2 Å². The van der Waals surface area contributed by atoms with Crippen LogP contribution in [0.5, 0.6) is 0 Å². The lowest BCUT2D eigenvalue weighted by Crippen LogP contribution is -2.31. The summed E-state index contributed by atoms with van der Waals surface area (Å²) in [6, 6.07) is 24.7. The molecule has 3 aromatic carbocycles. The van der Waals surface area contributed by atoms with E-state index < -0.39 is 0 Å². The Bertz CT molecular complexity index is 1020. The molecule has 1 aliphatic heterocycles. The highest BCUT2D eigenvalue weighted by molar-refractivity contribution is 5.96. The molecule has 5 heteroatoms. The van der Waals surface area contributed by atoms with E-state index in [1.807, 2.05) is 42.5 Å². The van der Waals surface area contributed by atoms with Gasteiger partial charge in [0.1, 0.15) is 6.10 Å². The third kappa shape index (κ3) is 4.93. The molecule has 0 aromatic heterocycles. The molecule has 2 N–H and O–H groups in total. The molecule has 0 fully saturated rings. The maximum Gasteiger partial charge on any atom is 0.251 e. The van der Waals surface area contributed by atoms with Crippen LogP contribution in [0.3, 0.4) is 0 Å². The van der Waals surface area contributed by atoms with Gasteiger partial charge in [-0.1, -0.05) is 54.6 Å². The molecule has 0 saturated heterocycles. The molecule has 0 aliphatic carbocycles. The van der Waals surface area contributed by atoms with E-state index in [4.69, 9.17) is 4.74 Å². The fourth-order valence-electron chi connectivity index (χ4n) is 3.62. The van der Waals surface area contributed by atoms with Gasteiger partial charge < -0.3 is 15.4 Å². The van der Waals surface area contributed by atoms with Crippen LogP contribution in [-0.2, 0) is 22.4 Å². The van der Waals surface area contributed by atoms with Gasteiger partial charge in [0, 0.05) is 17.8 Å². The van der Waals surface area contributed by atoms with Crippen LogP contribution in [-0.4, -0.2) is 25.0 Å². The van der Waals surface area contributed by atoms with Gasteiger partial charge in [-0.2, -0.15) is 0 Å². The maximum atomic E-state index is 12.5. The predicted octanol–water partition coefficient (Wildman–Crippen LogP) is 3.91. The third-order valence-electron chi connectivity index (χ3n) is 5.18. The van der Waals surface area contributed by atoms with Gasteiger partial charge in [-0.05, 0) is 47.4 Å². The summed E-state index contributed by atoms with van der Waals surface area (Å²) in [6.07, 6.45) is 1.08. The van der Waals surface area contributed by atoms with E-state index in [2.05, 4.69) is 22.8 Å². The summed E-state index contributed by atoms with van der Waals surface area (Å²) in [5.74, 6) is -0.254. The van der Waals surface area contributed by atoms with Gasteiger partial charge in [-0.3, -0.25) is 9.59 Å². The fraction of sp³-hybridized carbons (Fsp3) is 0.200. The van der Waals surface area contributed by atoms with Crippen LogP contribution < -0.4 is 10.6 Å². The molecular weight excluding hydrogens is 376 g/mol. The molecule has 30 heavy (non-hydrogen) atoms. The zero-order chi connectivity index (χ0) is 20.8. The lowest BCUT2D eigenvalue weighted by Gasteiger charge is -2.26. The van der Waals surface area contributed by atoms with Crippen LogP contribution in [0, 0.1) is 0 Å². The summed E-state index contributed by atoms with van der Waals surface area (Å²) >= 11 is 0. The number of carbonyl (C=O) groups excluding carboxylic acids is 2. The molecule has 5 nitrogen and oxygen atoms in total. The van der Waals surface area contributed by atoms with Crippen molar-refractivity contribution in [2.75, 3.05) is 18.5 Å². The average molecular weight is 400 g/mol. The first kappa shape index (κ1) is 19.9. The summed E-state index contributed by atoms with van der Waals surface area (Å²) in [5, 5.41) is 5.81. The molecule has 2 amide bonds. The summed E-state index contributed by atoms with van der Waals surface area (Å²) in [4.78, 5) is 24.7.